The van der Waals surface area contributed by atoms with Crippen LogP contribution < -0.4 is 0 Å². The minimum Gasteiger partial charge on any atom is -0.266 e. The van der Waals surface area contributed by atoms with Crippen LogP contribution in [0.25, 0.3) is 0 Å². The van der Waals surface area contributed by atoms with Gasteiger partial charge >= 0.3 is 0 Å². The zero-order chi connectivity index (χ0) is 8.27. The molecule has 0 spiro atoms. The van der Waals surface area contributed by atoms with Crippen LogP contribution in [0.1, 0.15) is 20.3 Å². The molecule has 0 saturated heterocycles. The number of hydrogen-bond donors (Lipinski definition) is 1. The summed E-state index contributed by atoms with van der Waals surface area (Å²) in [5.74, 6) is 0. The highest BCUT2D eigenvalue weighted by molar-refractivity contribution is 8.21. The van der Waals surface area contributed by atoms with Crippen LogP contribution in [0.3, 0.4) is 0 Å². The molecule has 1 atom stereocenters. The zero-order valence-electron chi connectivity index (χ0n) is 7.54. The molecule has 0 aromatic heterocycles. The minimum absolute atomic E-state index is 0.0561. The maximum atomic E-state index is 2.42. The summed E-state index contributed by atoms with van der Waals surface area (Å²) in [4.78, 5) is 1.60. The summed E-state index contributed by atoms with van der Waals surface area (Å²) < 4.78 is 2.42. The standard InChI is InChI=1S/C9H17NS/c1-4-9-7-6-8-11(9)10(3)5-2/h6-8,11H,4-5H2,1-3H3. The van der Waals surface area contributed by atoms with Gasteiger partial charge in [-0.1, -0.05) is 26.0 Å². The summed E-state index contributed by atoms with van der Waals surface area (Å²) in [6.07, 6.45) is 5.65. The molecule has 0 N–H and O–H groups in total. The van der Waals surface area contributed by atoms with Gasteiger partial charge in [-0.15, -0.1) is 0 Å². The Morgan fingerprint density at radius 2 is 2.18 bits per heavy atom. The van der Waals surface area contributed by atoms with Crippen molar-refractivity contribution < 1.29 is 0 Å². The predicted octanol–water partition coefficient (Wildman–Crippen LogP) is 2.68. The van der Waals surface area contributed by atoms with E-state index < -0.39 is 0 Å². The van der Waals surface area contributed by atoms with Gasteiger partial charge in [0.15, 0.2) is 0 Å². The summed E-state index contributed by atoms with van der Waals surface area (Å²) in [6, 6.07) is 0. The van der Waals surface area contributed by atoms with Crippen molar-refractivity contribution in [2.24, 2.45) is 0 Å². The van der Waals surface area contributed by atoms with Gasteiger partial charge in [-0.25, -0.2) is 0 Å². The molecule has 64 valence electrons. The van der Waals surface area contributed by atoms with Gasteiger partial charge in [-0.3, -0.25) is 4.31 Å². The van der Waals surface area contributed by atoms with Crippen LogP contribution in [-0.2, 0) is 0 Å². The van der Waals surface area contributed by atoms with Crippen LogP contribution in [0, 0.1) is 0 Å². The third-order valence-electron chi connectivity index (χ3n) is 2.00. The Morgan fingerprint density at radius 1 is 1.45 bits per heavy atom. The Morgan fingerprint density at radius 3 is 2.73 bits per heavy atom. The first-order valence-electron chi connectivity index (χ1n) is 4.17. The molecule has 11 heavy (non-hydrogen) atoms. The van der Waals surface area contributed by atoms with E-state index in [-0.39, 0.29) is 11.1 Å². The van der Waals surface area contributed by atoms with Crippen LogP contribution in [0.4, 0.5) is 0 Å². The molecule has 0 bridgehead atoms. The molecule has 1 nitrogen and oxygen atoms in total. The molecule has 0 aromatic rings. The lowest BCUT2D eigenvalue weighted by Crippen LogP contribution is -2.12. The second-order valence-corrected chi connectivity index (χ2v) is 4.92. The van der Waals surface area contributed by atoms with E-state index in [1.165, 1.54) is 6.42 Å². The van der Waals surface area contributed by atoms with Gasteiger partial charge < -0.3 is 0 Å². The van der Waals surface area contributed by atoms with Crippen LogP contribution in [0.15, 0.2) is 22.5 Å². The maximum Gasteiger partial charge on any atom is 0.00466 e. The number of hydrogen-bond acceptors (Lipinski definition) is 1. The quantitative estimate of drug-likeness (QED) is 0.639. The van der Waals surface area contributed by atoms with E-state index in [0.29, 0.717) is 0 Å². The summed E-state index contributed by atoms with van der Waals surface area (Å²) in [5, 5.41) is 2.33. The van der Waals surface area contributed by atoms with Crippen molar-refractivity contribution in [3.8, 4) is 0 Å². The van der Waals surface area contributed by atoms with Crippen LogP contribution >= 0.6 is 11.1 Å². The van der Waals surface area contributed by atoms with Gasteiger partial charge in [0.05, 0.1) is 0 Å². The van der Waals surface area contributed by atoms with E-state index in [1.54, 1.807) is 4.91 Å². The second kappa shape index (κ2) is 3.98. The lowest BCUT2D eigenvalue weighted by atomic mass is 10.4. The van der Waals surface area contributed by atoms with Gasteiger partial charge in [-0.2, -0.15) is 11.1 Å². The van der Waals surface area contributed by atoms with E-state index in [0.717, 1.165) is 6.54 Å². The summed E-state index contributed by atoms with van der Waals surface area (Å²) in [5.41, 5.74) is 0. The number of allylic oxidation sites excluding steroid dienone is 3. The Kier molecular flexibility index (Phi) is 3.21. The smallest absolute Gasteiger partial charge is 0.00466 e. The van der Waals surface area contributed by atoms with E-state index in [4.69, 9.17) is 0 Å². The van der Waals surface area contributed by atoms with Crippen LogP contribution in [0.5, 0.6) is 0 Å². The fraction of sp³-hybridized carbons (Fsp3) is 0.556. The van der Waals surface area contributed by atoms with Crippen LogP contribution in [0.2, 0.25) is 0 Å². The summed E-state index contributed by atoms with van der Waals surface area (Å²) >= 11 is -0.0561. The molecular weight excluding hydrogens is 154 g/mol. The minimum atomic E-state index is -0.0561. The number of rotatable bonds is 3. The third-order valence-corrected chi connectivity index (χ3v) is 4.52. The molecule has 0 amide bonds. The lowest BCUT2D eigenvalue weighted by molar-refractivity contribution is 0.599. The van der Waals surface area contributed by atoms with E-state index in [2.05, 4.69) is 42.8 Å². The van der Waals surface area contributed by atoms with E-state index in [9.17, 15) is 0 Å². The molecular formula is C9H17NS. The summed E-state index contributed by atoms with van der Waals surface area (Å²) in [7, 11) is 2.20. The Hall–Kier alpha value is -0.210. The Bertz CT molecular complexity index is 184. The SMILES string of the molecule is CCC1=CC=C[SH]1N(C)CC. The number of thiol groups is 1. The van der Waals surface area contributed by atoms with Gasteiger partial charge in [0, 0.05) is 6.54 Å². The van der Waals surface area contributed by atoms with Gasteiger partial charge in [0.2, 0.25) is 0 Å². The van der Waals surface area contributed by atoms with Crippen molar-refractivity contribution in [1.82, 2.24) is 4.31 Å². The monoisotopic (exact) mass is 171 g/mol. The molecule has 1 rings (SSSR count). The molecule has 2 heteroatoms. The van der Waals surface area contributed by atoms with Crippen molar-refractivity contribution in [3.63, 3.8) is 0 Å². The van der Waals surface area contributed by atoms with Crippen molar-refractivity contribution in [2.45, 2.75) is 20.3 Å². The van der Waals surface area contributed by atoms with Crippen molar-refractivity contribution >= 4 is 11.1 Å². The molecule has 1 unspecified atom stereocenters. The first-order valence-corrected chi connectivity index (χ1v) is 5.53. The van der Waals surface area contributed by atoms with Gasteiger partial charge in [0.1, 0.15) is 0 Å². The fourth-order valence-electron chi connectivity index (χ4n) is 1.17. The molecule has 1 aliphatic heterocycles. The fourth-order valence-corrected chi connectivity index (χ4v) is 3.15. The average molecular weight is 171 g/mol. The molecule has 1 heterocycles. The van der Waals surface area contributed by atoms with Gasteiger partial charge in [0.25, 0.3) is 0 Å². The molecule has 0 fully saturated rings. The average Bonchev–Trinajstić information content (AvgIpc) is 2.50. The van der Waals surface area contributed by atoms with Crippen molar-refractivity contribution in [1.29, 1.82) is 0 Å². The summed E-state index contributed by atoms with van der Waals surface area (Å²) in [6.45, 7) is 5.59. The molecule has 0 aliphatic carbocycles. The second-order valence-electron chi connectivity index (χ2n) is 2.67. The highest BCUT2D eigenvalue weighted by Crippen LogP contribution is 2.44. The highest BCUT2D eigenvalue weighted by atomic mass is 32.2. The van der Waals surface area contributed by atoms with Crippen molar-refractivity contribution in [3.05, 3.63) is 22.5 Å². The Balaban J connectivity index is 2.59. The van der Waals surface area contributed by atoms with E-state index >= 15 is 0 Å². The zero-order valence-corrected chi connectivity index (χ0v) is 8.44. The molecule has 0 saturated carbocycles. The molecule has 1 aliphatic rings. The first kappa shape index (κ1) is 8.88. The largest absolute Gasteiger partial charge is 0.266 e. The van der Waals surface area contributed by atoms with Crippen LogP contribution in [-0.4, -0.2) is 17.9 Å². The topological polar surface area (TPSA) is 3.24 Å². The Labute approximate surface area is 72.3 Å². The predicted molar refractivity (Wildman–Crippen MR) is 54.8 cm³/mol. The van der Waals surface area contributed by atoms with Gasteiger partial charge in [-0.05, 0) is 23.8 Å². The normalized spacial score (nSPS) is 26.2. The number of nitrogens with zero attached hydrogens (tertiary/aromatic N) is 1. The molecule has 0 radical (unpaired) electrons. The first-order chi connectivity index (χ1) is 5.29. The highest BCUT2D eigenvalue weighted by Gasteiger charge is 2.11. The lowest BCUT2D eigenvalue weighted by Gasteiger charge is -2.27. The third kappa shape index (κ3) is 1.88. The molecule has 0 aromatic carbocycles. The maximum absolute atomic E-state index is 2.42. The van der Waals surface area contributed by atoms with Crippen molar-refractivity contribution in [2.75, 3.05) is 13.6 Å². The van der Waals surface area contributed by atoms with E-state index in [1.807, 2.05) is 0 Å².